The first-order valence-electron chi connectivity index (χ1n) is 7.38. The van der Waals surface area contributed by atoms with Crippen molar-refractivity contribution in [2.45, 2.75) is 57.9 Å². The molecule has 1 amide bonds. The molecule has 0 aliphatic carbocycles. The molecule has 21 heavy (non-hydrogen) atoms. The van der Waals surface area contributed by atoms with E-state index in [9.17, 15) is 13.2 Å². The molecule has 0 spiro atoms. The molecule has 2 atom stereocenters. The smallest absolute Gasteiger partial charge is 0.238 e. The summed E-state index contributed by atoms with van der Waals surface area (Å²) in [5.41, 5.74) is 0.968. The number of aryl methyl sites for hydroxylation is 2. The lowest BCUT2D eigenvalue weighted by molar-refractivity contribution is -0.121. The van der Waals surface area contributed by atoms with Gasteiger partial charge in [0.05, 0.1) is 11.4 Å². The van der Waals surface area contributed by atoms with Gasteiger partial charge < -0.3 is 9.88 Å². The summed E-state index contributed by atoms with van der Waals surface area (Å²) >= 11 is 0. The molecule has 1 aliphatic rings. The lowest BCUT2D eigenvalue weighted by Gasteiger charge is -2.26. The van der Waals surface area contributed by atoms with Crippen molar-refractivity contribution in [1.29, 1.82) is 0 Å². The average Bonchev–Trinajstić information content (AvgIpc) is 2.77. The van der Waals surface area contributed by atoms with E-state index < -0.39 is 21.0 Å². The maximum Gasteiger partial charge on any atom is 0.238 e. The quantitative estimate of drug-likeness (QED) is 0.873. The molecule has 0 unspecified atom stereocenters. The van der Waals surface area contributed by atoms with Gasteiger partial charge in [-0.15, -0.1) is 0 Å². The number of nitrogens with zero attached hydrogens (tertiary/aromatic N) is 2. The van der Waals surface area contributed by atoms with Crippen LogP contribution in [0.15, 0.2) is 6.20 Å². The summed E-state index contributed by atoms with van der Waals surface area (Å²) in [7, 11) is -3.35. The first-order chi connectivity index (χ1) is 9.83. The van der Waals surface area contributed by atoms with E-state index in [0.29, 0.717) is 13.0 Å². The van der Waals surface area contributed by atoms with Gasteiger partial charge in [0, 0.05) is 25.2 Å². The van der Waals surface area contributed by atoms with Crippen molar-refractivity contribution in [3.05, 3.63) is 17.7 Å². The van der Waals surface area contributed by atoms with E-state index in [4.69, 9.17) is 0 Å². The fraction of sp³-hybridized carbons (Fsp3) is 0.714. The standard InChI is InChI=1S/C14H23N3O3S/c1-4-7-21(19,20)11(3)14(18)16-12-5-6-13-15-10(2)8-17(13)9-12/h8,11-12H,4-7,9H2,1-3H3,(H,16,18)/t11-,12-/m1/s1. The van der Waals surface area contributed by atoms with Crippen LogP contribution in [0.3, 0.4) is 0 Å². The number of carbonyl (C=O) groups excluding carboxylic acids is 1. The van der Waals surface area contributed by atoms with Crippen LogP contribution in [0, 0.1) is 6.92 Å². The van der Waals surface area contributed by atoms with Crippen molar-refractivity contribution < 1.29 is 13.2 Å². The predicted octanol–water partition coefficient (Wildman–Crippen LogP) is 0.836. The molecule has 0 saturated heterocycles. The molecule has 0 fully saturated rings. The number of fused-ring (bicyclic) bond motifs is 1. The van der Waals surface area contributed by atoms with Gasteiger partial charge in [-0.05, 0) is 26.7 Å². The topological polar surface area (TPSA) is 81.1 Å². The molecule has 1 aromatic heterocycles. The van der Waals surface area contributed by atoms with Crippen molar-refractivity contribution >= 4 is 15.7 Å². The van der Waals surface area contributed by atoms with Gasteiger partial charge in [0.25, 0.3) is 0 Å². The fourth-order valence-electron chi connectivity index (χ4n) is 2.65. The molecule has 118 valence electrons. The molecule has 2 heterocycles. The Kier molecular flexibility index (Phi) is 4.70. The number of amides is 1. The third-order valence-electron chi connectivity index (χ3n) is 3.86. The number of carbonyl (C=O) groups is 1. The molecule has 2 rings (SSSR count). The van der Waals surface area contributed by atoms with Gasteiger partial charge in [0.15, 0.2) is 9.84 Å². The van der Waals surface area contributed by atoms with Gasteiger partial charge >= 0.3 is 0 Å². The highest BCUT2D eigenvalue weighted by molar-refractivity contribution is 7.92. The number of aromatic nitrogens is 2. The van der Waals surface area contributed by atoms with Gasteiger partial charge in [-0.1, -0.05) is 6.92 Å². The normalized spacial score (nSPS) is 19.9. The zero-order chi connectivity index (χ0) is 15.6. The Morgan fingerprint density at radius 3 is 2.95 bits per heavy atom. The van der Waals surface area contributed by atoms with Gasteiger partial charge in [0.1, 0.15) is 11.1 Å². The fourth-order valence-corrected chi connectivity index (χ4v) is 3.96. The molecule has 0 radical (unpaired) electrons. The zero-order valence-corrected chi connectivity index (χ0v) is 13.6. The number of rotatable bonds is 5. The van der Waals surface area contributed by atoms with E-state index >= 15 is 0 Å². The molecule has 0 saturated carbocycles. The van der Waals surface area contributed by atoms with E-state index in [2.05, 4.69) is 10.3 Å². The molecule has 7 heteroatoms. The Morgan fingerprint density at radius 2 is 2.29 bits per heavy atom. The second-order valence-electron chi connectivity index (χ2n) is 5.70. The van der Waals surface area contributed by atoms with Crippen molar-refractivity contribution in [1.82, 2.24) is 14.9 Å². The second kappa shape index (κ2) is 6.17. The Bertz CT molecular complexity index is 621. The molecular formula is C14H23N3O3S. The SMILES string of the molecule is CCCS(=O)(=O)[C@H](C)C(=O)N[C@@H]1CCc2nc(C)cn2C1. The summed E-state index contributed by atoms with van der Waals surface area (Å²) in [5, 5.41) is 1.88. The van der Waals surface area contributed by atoms with E-state index in [1.807, 2.05) is 17.7 Å². The van der Waals surface area contributed by atoms with E-state index in [1.165, 1.54) is 6.92 Å². The molecule has 6 nitrogen and oxygen atoms in total. The van der Waals surface area contributed by atoms with Gasteiger partial charge in [-0.25, -0.2) is 13.4 Å². The zero-order valence-electron chi connectivity index (χ0n) is 12.8. The third kappa shape index (κ3) is 3.64. The molecule has 1 N–H and O–H groups in total. The lowest BCUT2D eigenvalue weighted by Crippen LogP contribution is -2.47. The van der Waals surface area contributed by atoms with Crippen LogP contribution < -0.4 is 5.32 Å². The summed E-state index contributed by atoms with van der Waals surface area (Å²) in [6, 6.07) is -0.0297. The number of hydrogen-bond donors (Lipinski definition) is 1. The molecule has 1 aliphatic heterocycles. The summed E-state index contributed by atoms with van der Waals surface area (Å²) < 4.78 is 25.9. The van der Waals surface area contributed by atoms with E-state index in [1.54, 1.807) is 6.92 Å². The molecule has 0 aromatic carbocycles. The van der Waals surface area contributed by atoms with Crippen molar-refractivity contribution in [2.75, 3.05) is 5.75 Å². The minimum Gasteiger partial charge on any atom is -0.350 e. The van der Waals surface area contributed by atoms with Crippen LogP contribution in [0.4, 0.5) is 0 Å². The summed E-state index contributed by atoms with van der Waals surface area (Å²) in [4.78, 5) is 16.6. The minimum atomic E-state index is -3.35. The highest BCUT2D eigenvalue weighted by Gasteiger charge is 2.29. The van der Waals surface area contributed by atoms with E-state index in [-0.39, 0.29) is 11.8 Å². The van der Waals surface area contributed by atoms with Gasteiger partial charge in [-0.2, -0.15) is 0 Å². The van der Waals surface area contributed by atoms with Gasteiger partial charge in [-0.3, -0.25) is 4.79 Å². The van der Waals surface area contributed by atoms with E-state index in [0.717, 1.165) is 24.4 Å². The Hall–Kier alpha value is -1.37. The van der Waals surface area contributed by atoms with Crippen LogP contribution in [0.5, 0.6) is 0 Å². The summed E-state index contributed by atoms with van der Waals surface area (Å²) in [6.07, 6.45) is 4.09. The van der Waals surface area contributed by atoms with Crippen LogP contribution in [-0.4, -0.2) is 40.9 Å². The highest BCUT2D eigenvalue weighted by atomic mass is 32.2. The summed E-state index contributed by atoms with van der Waals surface area (Å²) in [6.45, 7) is 5.86. The largest absolute Gasteiger partial charge is 0.350 e. The number of nitrogens with one attached hydrogen (secondary N) is 1. The van der Waals surface area contributed by atoms with Crippen molar-refractivity contribution in [2.24, 2.45) is 0 Å². The van der Waals surface area contributed by atoms with Crippen LogP contribution in [0.1, 0.15) is 38.2 Å². The van der Waals surface area contributed by atoms with Crippen LogP contribution in [0.25, 0.3) is 0 Å². The Labute approximate surface area is 125 Å². The first-order valence-corrected chi connectivity index (χ1v) is 9.09. The van der Waals surface area contributed by atoms with Crippen molar-refractivity contribution in [3.8, 4) is 0 Å². The lowest BCUT2D eigenvalue weighted by atomic mass is 10.1. The van der Waals surface area contributed by atoms with Crippen LogP contribution in [-0.2, 0) is 27.6 Å². The number of imidazole rings is 1. The van der Waals surface area contributed by atoms with Gasteiger partial charge in [0.2, 0.25) is 5.91 Å². The van der Waals surface area contributed by atoms with Crippen LogP contribution >= 0.6 is 0 Å². The predicted molar refractivity (Wildman–Crippen MR) is 80.8 cm³/mol. The first kappa shape index (κ1) is 16.0. The summed E-state index contributed by atoms with van der Waals surface area (Å²) in [5.74, 6) is 0.690. The monoisotopic (exact) mass is 313 g/mol. The number of hydrogen-bond acceptors (Lipinski definition) is 4. The maximum absolute atomic E-state index is 12.1. The van der Waals surface area contributed by atoms with Crippen molar-refractivity contribution in [3.63, 3.8) is 0 Å². The molecular weight excluding hydrogens is 290 g/mol. The average molecular weight is 313 g/mol. The maximum atomic E-state index is 12.1. The number of sulfone groups is 1. The third-order valence-corrected chi connectivity index (χ3v) is 6.12. The molecule has 0 bridgehead atoms. The molecule has 1 aromatic rings. The second-order valence-corrected chi connectivity index (χ2v) is 8.15. The highest BCUT2D eigenvalue weighted by Crippen LogP contribution is 2.15. The Balaban J connectivity index is 1.98. The minimum absolute atomic E-state index is 0.0297. The van der Waals surface area contributed by atoms with Crippen LogP contribution in [0.2, 0.25) is 0 Å². The Morgan fingerprint density at radius 1 is 1.57 bits per heavy atom.